The molecule has 0 radical (unpaired) electrons. The normalized spacial score (nSPS) is 12.6. The molecule has 0 fully saturated rings. The van der Waals surface area contributed by atoms with Crippen LogP contribution >= 0.6 is 0 Å². The Bertz CT molecular complexity index is 1280. The number of carbonyl (C=O) groups is 1. The maximum Gasteiger partial charge on any atom is 0.326 e. The van der Waals surface area contributed by atoms with Crippen LogP contribution in [0.15, 0.2) is 69.4 Å². The van der Waals surface area contributed by atoms with Crippen LogP contribution in [0.3, 0.4) is 0 Å². The van der Waals surface area contributed by atoms with Crippen molar-refractivity contribution in [2.75, 3.05) is 5.73 Å². The highest BCUT2D eigenvalue weighted by molar-refractivity contribution is 6.09. The summed E-state index contributed by atoms with van der Waals surface area (Å²) >= 11 is 0. The molecule has 2 heterocycles. The molecule has 10 heteroatoms. The number of H-pyrrole nitrogens is 2. The summed E-state index contributed by atoms with van der Waals surface area (Å²) < 4.78 is 0. The number of pyridine rings is 1. The molecule has 7 N–H and O–H groups in total. The zero-order chi connectivity index (χ0) is 23.1. The van der Waals surface area contributed by atoms with Gasteiger partial charge in [0.1, 0.15) is 11.4 Å². The minimum atomic E-state index is -0.823. The number of nitrogens with one attached hydrogen (secondary N) is 3. The molecule has 2 aromatic heterocycles. The van der Waals surface area contributed by atoms with E-state index in [0.29, 0.717) is 12.1 Å². The Hall–Kier alpha value is -4.47. The number of hydrogen-bond donors (Lipinski definition) is 5. The molecule has 3 aromatic rings. The molecule has 1 amide bonds. The van der Waals surface area contributed by atoms with Crippen LogP contribution in [0.4, 0.5) is 5.69 Å². The lowest BCUT2D eigenvalue weighted by Gasteiger charge is -2.16. The number of nitrogen functional groups attached to an aromatic ring is 1. The Morgan fingerprint density at radius 2 is 2.03 bits per heavy atom. The van der Waals surface area contributed by atoms with Crippen molar-refractivity contribution in [2.45, 2.75) is 19.5 Å². The summed E-state index contributed by atoms with van der Waals surface area (Å²) in [5, 5.41) is 2.72. The molecule has 3 rings (SSSR count). The lowest BCUT2D eigenvalue weighted by atomic mass is 10.0. The maximum atomic E-state index is 12.5. The molecule has 0 saturated carbocycles. The van der Waals surface area contributed by atoms with Crippen molar-refractivity contribution in [3.8, 4) is 0 Å². The molecule has 0 aliphatic heterocycles. The zero-order valence-electron chi connectivity index (χ0n) is 17.3. The molecule has 0 aliphatic carbocycles. The number of anilines is 1. The molecule has 0 unspecified atom stereocenters. The summed E-state index contributed by atoms with van der Waals surface area (Å²) in [5.41, 5.74) is 12.2. The number of aromatic amines is 2. The van der Waals surface area contributed by atoms with Crippen LogP contribution < -0.4 is 28.0 Å². The van der Waals surface area contributed by atoms with Crippen LogP contribution in [0.25, 0.3) is 5.57 Å². The molecular formula is C22H23N7O3. The first-order valence-corrected chi connectivity index (χ1v) is 9.74. The molecule has 0 saturated heterocycles. The van der Waals surface area contributed by atoms with Crippen LogP contribution in [0, 0.1) is 0 Å². The monoisotopic (exact) mass is 433 g/mol. The second-order valence-electron chi connectivity index (χ2n) is 6.93. The average molecular weight is 433 g/mol. The minimum absolute atomic E-state index is 0.286. The smallest absolute Gasteiger partial charge is 0.326 e. The van der Waals surface area contributed by atoms with Crippen molar-refractivity contribution in [3.63, 3.8) is 0 Å². The van der Waals surface area contributed by atoms with Crippen LogP contribution in [0.1, 0.15) is 40.3 Å². The van der Waals surface area contributed by atoms with Crippen molar-refractivity contribution in [1.29, 1.82) is 0 Å². The van der Waals surface area contributed by atoms with Gasteiger partial charge in [-0.1, -0.05) is 24.3 Å². The van der Waals surface area contributed by atoms with E-state index in [1.807, 2.05) is 47.4 Å². The van der Waals surface area contributed by atoms with Gasteiger partial charge in [-0.15, -0.1) is 0 Å². The summed E-state index contributed by atoms with van der Waals surface area (Å²) in [6.07, 6.45) is 4.82. The summed E-state index contributed by atoms with van der Waals surface area (Å²) in [7, 11) is 0. The summed E-state index contributed by atoms with van der Waals surface area (Å²) in [6.45, 7) is 2.18. The van der Waals surface area contributed by atoms with Gasteiger partial charge < -0.3 is 21.8 Å². The highest BCUT2D eigenvalue weighted by atomic mass is 16.2. The number of allylic oxidation sites excluding steroid dienone is 1. The van der Waals surface area contributed by atoms with E-state index in [-0.39, 0.29) is 11.4 Å². The Labute approximate surface area is 183 Å². The third-order valence-electron chi connectivity index (χ3n) is 4.66. The van der Waals surface area contributed by atoms with Gasteiger partial charge >= 0.3 is 5.69 Å². The number of amides is 1. The Morgan fingerprint density at radius 1 is 1.22 bits per heavy atom. The Morgan fingerprint density at radius 3 is 2.75 bits per heavy atom. The van der Waals surface area contributed by atoms with Gasteiger partial charge in [0.25, 0.3) is 11.5 Å². The number of aliphatic imine (C=N–C) groups is 1. The van der Waals surface area contributed by atoms with Gasteiger partial charge in [0.2, 0.25) is 0 Å². The number of hydrogen-bond acceptors (Lipinski definition) is 7. The number of nitrogens with zero attached hydrogens (tertiary/aromatic N) is 2. The first-order valence-electron chi connectivity index (χ1n) is 9.74. The van der Waals surface area contributed by atoms with E-state index in [0.717, 1.165) is 16.8 Å². The maximum absolute atomic E-state index is 12.5. The van der Waals surface area contributed by atoms with Gasteiger partial charge in [-0.2, -0.15) is 0 Å². The molecule has 10 nitrogen and oxygen atoms in total. The first-order chi connectivity index (χ1) is 15.4. The molecule has 1 atom stereocenters. The predicted molar refractivity (Wildman–Crippen MR) is 123 cm³/mol. The van der Waals surface area contributed by atoms with Crippen molar-refractivity contribution < 1.29 is 4.79 Å². The standard InChI is InChI=1S/C22H23N7O3/c1-13(27-21(31)19-18(24)20(30)29-22(32)28-19)14-5-4-6-15(9-14)16(10-23)11-25-12-17-7-2-3-8-26-17/h2-11,13H,12,23-24H2,1H3,(H,27,31)(H2,28,29,30,32)/b16-10+,25-11?/t13-/m1/s1. The highest BCUT2D eigenvalue weighted by Gasteiger charge is 2.17. The van der Waals surface area contributed by atoms with Crippen LogP contribution in [-0.4, -0.2) is 27.1 Å². The van der Waals surface area contributed by atoms with Crippen LogP contribution in [0.2, 0.25) is 0 Å². The SMILES string of the molecule is C[C@@H](NC(=O)c1[nH]c(=O)[nH]c(=O)c1N)c1cccc(/C(C=NCc2ccccn2)=C/N)c1. The quantitative estimate of drug-likeness (QED) is 0.349. The number of rotatable bonds is 7. The fourth-order valence-corrected chi connectivity index (χ4v) is 2.96. The van der Waals surface area contributed by atoms with E-state index >= 15 is 0 Å². The third-order valence-corrected chi connectivity index (χ3v) is 4.66. The molecule has 32 heavy (non-hydrogen) atoms. The number of benzene rings is 1. The van der Waals surface area contributed by atoms with E-state index in [9.17, 15) is 14.4 Å². The fourth-order valence-electron chi connectivity index (χ4n) is 2.96. The van der Waals surface area contributed by atoms with Gasteiger partial charge in [0.05, 0.1) is 18.3 Å². The molecule has 0 aliphatic rings. The third kappa shape index (κ3) is 5.36. The number of carbonyl (C=O) groups excluding carboxylic acids is 1. The van der Waals surface area contributed by atoms with Gasteiger partial charge in [-0.05, 0) is 36.2 Å². The lowest BCUT2D eigenvalue weighted by molar-refractivity contribution is 0.0935. The van der Waals surface area contributed by atoms with E-state index in [4.69, 9.17) is 11.5 Å². The second kappa shape index (κ2) is 10.0. The topological polar surface area (TPSA) is 172 Å². The molecule has 0 bridgehead atoms. The van der Waals surface area contributed by atoms with Gasteiger partial charge in [0, 0.05) is 24.2 Å². The van der Waals surface area contributed by atoms with Gasteiger partial charge in [-0.3, -0.25) is 24.5 Å². The van der Waals surface area contributed by atoms with E-state index < -0.39 is 23.2 Å². The lowest BCUT2D eigenvalue weighted by Crippen LogP contribution is -2.34. The molecule has 0 spiro atoms. The molecular weight excluding hydrogens is 410 g/mol. The van der Waals surface area contributed by atoms with E-state index in [2.05, 4.69) is 20.3 Å². The van der Waals surface area contributed by atoms with E-state index in [1.54, 1.807) is 19.3 Å². The number of nitrogens with two attached hydrogens (primary N) is 2. The molecule has 1 aromatic carbocycles. The summed E-state index contributed by atoms with van der Waals surface area (Å²) in [4.78, 5) is 48.5. The number of aromatic nitrogens is 3. The van der Waals surface area contributed by atoms with Crippen molar-refractivity contribution in [3.05, 3.63) is 98.2 Å². The highest BCUT2D eigenvalue weighted by Crippen LogP contribution is 2.19. The summed E-state index contributed by atoms with van der Waals surface area (Å²) in [6, 6.07) is 12.6. The largest absolute Gasteiger partial charge is 0.404 e. The van der Waals surface area contributed by atoms with E-state index in [1.165, 1.54) is 6.20 Å². The van der Waals surface area contributed by atoms with Crippen molar-refractivity contribution in [2.24, 2.45) is 10.7 Å². The Kier molecular flexibility index (Phi) is 6.96. The Balaban J connectivity index is 1.75. The second-order valence-corrected chi connectivity index (χ2v) is 6.93. The van der Waals surface area contributed by atoms with Gasteiger partial charge in [0.15, 0.2) is 0 Å². The zero-order valence-corrected chi connectivity index (χ0v) is 17.3. The van der Waals surface area contributed by atoms with Gasteiger partial charge in [-0.25, -0.2) is 4.79 Å². The minimum Gasteiger partial charge on any atom is -0.404 e. The van der Waals surface area contributed by atoms with Crippen LogP contribution in [-0.2, 0) is 6.54 Å². The summed E-state index contributed by atoms with van der Waals surface area (Å²) in [5.74, 6) is -0.671. The van der Waals surface area contributed by atoms with Crippen LogP contribution in [0.5, 0.6) is 0 Å². The first kappa shape index (κ1) is 22.2. The molecule has 164 valence electrons. The fraction of sp³-hybridized carbons (Fsp3) is 0.136. The van der Waals surface area contributed by atoms with Crippen molar-refractivity contribution in [1.82, 2.24) is 20.3 Å². The predicted octanol–water partition coefficient (Wildman–Crippen LogP) is 1.10. The average Bonchev–Trinajstić information content (AvgIpc) is 2.79. The van der Waals surface area contributed by atoms with Crippen molar-refractivity contribution >= 4 is 23.4 Å².